The highest BCUT2D eigenvalue weighted by atomic mass is 32.2. The molecule has 2 rings (SSSR count). The molecular weight excluding hydrogens is 249 g/mol. The average molecular weight is 261 g/mol. The van der Waals surface area contributed by atoms with Gasteiger partial charge in [-0.05, 0) is 12.1 Å². The normalized spacial score (nSPS) is 22.6. The molecule has 0 spiro atoms. The minimum atomic E-state index is -4.00. The standard InChI is InChI=1S/C9H12FN3O3S/c10-7-2-1-3-12-9(7)17(14,15)13-4-5-16-6-8(13)11/h1-3,8H,4-6,11H2. The zero-order valence-electron chi connectivity index (χ0n) is 8.91. The number of halogens is 1. The summed E-state index contributed by atoms with van der Waals surface area (Å²) in [5.74, 6) is -0.883. The fraction of sp³-hybridized carbons (Fsp3) is 0.444. The number of morpholine rings is 1. The molecule has 2 heterocycles. The van der Waals surface area contributed by atoms with E-state index in [4.69, 9.17) is 10.5 Å². The van der Waals surface area contributed by atoms with Crippen LogP contribution in [0.2, 0.25) is 0 Å². The molecule has 2 N–H and O–H groups in total. The summed E-state index contributed by atoms with van der Waals surface area (Å²) in [4.78, 5) is 3.56. The summed E-state index contributed by atoms with van der Waals surface area (Å²) in [6.45, 7) is 0.425. The average Bonchev–Trinajstić information content (AvgIpc) is 2.29. The molecule has 0 amide bonds. The zero-order chi connectivity index (χ0) is 12.5. The van der Waals surface area contributed by atoms with Gasteiger partial charge in [-0.1, -0.05) is 0 Å². The Kier molecular flexibility index (Phi) is 3.38. The third kappa shape index (κ3) is 2.29. The molecule has 1 atom stereocenters. The number of sulfonamides is 1. The number of ether oxygens (including phenoxy) is 1. The number of nitrogens with two attached hydrogens (primary N) is 1. The lowest BCUT2D eigenvalue weighted by Gasteiger charge is -2.31. The maximum absolute atomic E-state index is 13.4. The number of hydrogen-bond donors (Lipinski definition) is 1. The summed E-state index contributed by atoms with van der Waals surface area (Å²) < 4.78 is 43.7. The number of pyridine rings is 1. The number of hydrogen-bond acceptors (Lipinski definition) is 5. The maximum atomic E-state index is 13.4. The quantitative estimate of drug-likeness (QED) is 0.777. The minimum Gasteiger partial charge on any atom is -0.377 e. The second-order valence-corrected chi connectivity index (χ2v) is 5.35. The number of rotatable bonds is 2. The second kappa shape index (κ2) is 4.65. The van der Waals surface area contributed by atoms with Crippen molar-refractivity contribution >= 4 is 10.0 Å². The Morgan fingerprint density at radius 1 is 1.59 bits per heavy atom. The highest BCUT2D eigenvalue weighted by molar-refractivity contribution is 7.89. The first-order valence-electron chi connectivity index (χ1n) is 4.99. The van der Waals surface area contributed by atoms with Gasteiger partial charge in [0.2, 0.25) is 5.03 Å². The van der Waals surface area contributed by atoms with Crippen LogP contribution >= 0.6 is 0 Å². The Hall–Kier alpha value is -1.09. The molecule has 1 aliphatic heterocycles. The molecule has 1 unspecified atom stereocenters. The highest BCUT2D eigenvalue weighted by Crippen LogP contribution is 2.19. The Bertz CT molecular complexity index is 508. The van der Waals surface area contributed by atoms with Gasteiger partial charge in [0.1, 0.15) is 0 Å². The van der Waals surface area contributed by atoms with Crippen LogP contribution in [0.4, 0.5) is 4.39 Å². The van der Waals surface area contributed by atoms with Crippen LogP contribution in [0.5, 0.6) is 0 Å². The molecule has 1 aromatic heterocycles. The lowest BCUT2D eigenvalue weighted by Crippen LogP contribution is -2.53. The first-order chi connectivity index (χ1) is 8.03. The lowest BCUT2D eigenvalue weighted by atomic mass is 10.4. The summed E-state index contributed by atoms with van der Waals surface area (Å²) in [5, 5.41) is -0.600. The monoisotopic (exact) mass is 261 g/mol. The third-order valence-electron chi connectivity index (χ3n) is 2.39. The van der Waals surface area contributed by atoms with Crippen molar-refractivity contribution in [3.05, 3.63) is 24.1 Å². The molecule has 1 saturated heterocycles. The molecule has 6 nitrogen and oxygen atoms in total. The lowest BCUT2D eigenvalue weighted by molar-refractivity contribution is 0.0348. The van der Waals surface area contributed by atoms with Crippen molar-refractivity contribution in [3.63, 3.8) is 0 Å². The van der Waals surface area contributed by atoms with Gasteiger partial charge in [-0.2, -0.15) is 4.31 Å². The summed E-state index contributed by atoms with van der Waals surface area (Å²) in [7, 11) is -4.00. The second-order valence-electron chi connectivity index (χ2n) is 3.55. The van der Waals surface area contributed by atoms with Crippen molar-refractivity contribution in [1.29, 1.82) is 0 Å². The Morgan fingerprint density at radius 3 is 3.00 bits per heavy atom. The molecule has 8 heteroatoms. The fourth-order valence-corrected chi connectivity index (χ4v) is 3.04. The number of aromatic nitrogens is 1. The van der Waals surface area contributed by atoms with E-state index in [1.54, 1.807) is 0 Å². The summed E-state index contributed by atoms with van der Waals surface area (Å²) in [5.41, 5.74) is 5.62. The van der Waals surface area contributed by atoms with E-state index in [9.17, 15) is 12.8 Å². The van der Waals surface area contributed by atoms with Crippen LogP contribution in [0.15, 0.2) is 23.4 Å². The van der Waals surface area contributed by atoms with E-state index in [1.165, 1.54) is 12.3 Å². The minimum absolute atomic E-state index is 0.0910. The van der Waals surface area contributed by atoms with Crippen LogP contribution in [-0.2, 0) is 14.8 Å². The van der Waals surface area contributed by atoms with Crippen LogP contribution in [0.3, 0.4) is 0 Å². The van der Waals surface area contributed by atoms with Crippen LogP contribution in [0, 0.1) is 5.82 Å². The van der Waals surface area contributed by atoms with Gasteiger partial charge in [0.05, 0.1) is 19.4 Å². The smallest absolute Gasteiger partial charge is 0.265 e. The van der Waals surface area contributed by atoms with Gasteiger partial charge < -0.3 is 10.5 Å². The van der Waals surface area contributed by atoms with Crippen LogP contribution < -0.4 is 5.73 Å². The molecule has 0 aliphatic carbocycles. The van der Waals surface area contributed by atoms with E-state index >= 15 is 0 Å². The molecule has 17 heavy (non-hydrogen) atoms. The SMILES string of the molecule is NC1COCCN1S(=O)(=O)c1ncccc1F. The molecule has 94 valence electrons. The summed E-state index contributed by atoms with van der Waals surface area (Å²) >= 11 is 0. The van der Waals surface area contributed by atoms with Crippen LogP contribution in [0.1, 0.15) is 0 Å². The van der Waals surface area contributed by atoms with Gasteiger partial charge in [-0.25, -0.2) is 17.8 Å². The Morgan fingerprint density at radius 2 is 2.35 bits per heavy atom. The van der Waals surface area contributed by atoms with E-state index in [2.05, 4.69) is 4.98 Å². The Labute approximate surface area is 98.2 Å². The van der Waals surface area contributed by atoms with Crippen molar-refractivity contribution in [2.24, 2.45) is 5.73 Å². The summed E-state index contributed by atoms with van der Waals surface area (Å²) in [6.07, 6.45) is 0.414. The zero-order valence-corrected chi connectivity index (χ0v) is 9.73. The van der Waals surface area contributed by atoms with Crippen molar-refractivity contribution in [3.8, 4) is 0 Å². The molecule has 1 aliphatic rings. The van der Waals surface area contributed by atoms with E-state index in [-0.39, 0.29) is 19.8 Å². The molecule has 0 radical (unpaired) electrons. The van der Waals surface area contributed by atoms with Crippen molar-refractivity contribution < 1.29 is 17.5 Å². The van der Waals surface area contributed by atoms with Crippen LogP contribution in [0.25, 0.3) is 0 Å². The number of nitrogens with zero attached hydrogens (tertiary/aromatic N) is 2. The largest absolute Gasteiger partial charge is 0.377 e. The molecule has 0 saturated carbocycles. The van der Waals surface area contributed by atoms with Gasteiger partial charge in [0.25, 0.3) is 10.0 Å². The van der Waals surface area contributed by atoms with E-state index in [0.29, 0.717) is 0 Å². The maximum Gasteiger partial charge on any atom is 0.265 e. The predicted octanol–water partition coefficient (Wildman–Crippen LogP) is -0.474. The summed E-state index contributed by atoms with van der Waals surface area (Å²) in [6, 6.07) is 2.37. The highest BCUT2D eigenvalue weighted by Gasteiger charge is 2.34. The van der Waals surface area contributed by atoms with Gasteiger partial charge in [0, 0.05) is 12.7 Å². The van der Waals surface area contributed by atoms with E-state index in [0.717, 1.165) is 10.4 Å². The van der Waals surface area contributed by atoms with Crippen molar-refractivity contribution in [2.45, 2.75) is 11.2 Å². The van der Waals surface area contributed by atoms with E-state index < -0.39 is 27.0 Å². The Balaban J connectivity index is 2.39. The molecule has 1 aromatic rings. The first kappa shape index (κ1) is 12.4. The van der Waals surface area contributed by atoms with Gasteiger partial charge >= 0.3 is 0 Å². The molecule has 0 bridgehead atoms. The first-order valence-corrected chi connectivity index (χ1v) is 6.43. The van der Waals surface area contributed by atoms with E-state index in [1.807, 2.05) is 0 Å². The molecular formula is C9H12FN3O3S. The van der Waals surface area contributed by atoms with Crippen LogP contribution in [-0.4, -0.2) is 43.6 Å². The van der Waals surface area contributed by atoms with Gasteiger partial charge in [-0.15, -0.1) is 0 Å². The fourth-order valence-electron chi connectivity index (χ4n) is 1.58. The van der Waals surface area contributed by atoms with Crippen molar-refractivity contribution in [2.75, 3.05) is 19.8 Å². The third-order valence-corrected chi connectivity index (χ3v) is 4.25. The topological polar surface area (TPSA) is 85.5 Å². The molecule has 1 fully saturated rings. The van der Waals surface area contributed by atoms with Gasteiger partial charge in [-0.3, -0.25) is 0 Å². The van der Waals surface area contributed by atoms with Gasteiger partial charge in [0.15, 0.2) is 5.82 Å². The predicted molar refractivity (Wildman–Crippen MR) is 56.9 cm³/mol. The van der Waals surface area contributed by atoms with Crippen molar-refractivity contribution in [1.82, 2.24) is 9.29 Å². The molecule has 0 aromatic carbocycles.